The van der Waals surface area contributed by atoms with E-state index in [2.05, 4.69) is 11.7 Å². The largest absolute Gasteiger partial charge is 0.432 e. The summed E-state index contributed by atoms with van der Waals surface area (Å²) in [7, 11) is 0. The molecule has 8 heteroatoms. The maximum Gasteiger partial charge on any atom is 0.387 e. The van der Waals surface area contributed by atoms with E-state index in [9.17, 15) is 13.2 Å². The van der Waals surface area contributed by atoms with Crippen LogP contribution in [0.2, 0.25) is 0 Å². The summed E-state index contributed by atoms with van der Waals surface area (Å²) >= 11 is 0. The standard InChI is InChI=1S/C23H33F3O5/c1-2-3-4-17-12-27-22(28-13-17)10-7-18-14-29-21(30-15-18)9-6-16-5-8-20(19(24)11-16)31-23(25)26/h5,8,11,17-18,21-23H,2-4,6-7,9-10,12-15H2,1H3/t17-,18-,21-,22-. The first-order valence-corrected chi connectivity index (χ1v) is 11.2. The van der Waals surface area contributed by atoms with E-state index in [4.69, 9.17) is 18.9 Å². The van der Waals surface area contributed by atoms with Gasteiger partial charge in [-0.25, -0.2) is 4.39 Å². The molecule has 2 saturated heterocycles. The lowest BCUT2D eigenvalue weighted by atomic mass is 10.0. The summed E-state index contributed by atoms with van der Waals surface area (Å²) in [6, 6.07) is 4.00. The van der Waals surface area contributed by atoms with Crippen LogP contribution < -0.4 is 4.74 Å². The molecule has 0 N–H and O–H groups in total. The highest BCUT2D eigenvalue weighted by atomic mass is 19.3. The van der Waals surface area contributed by atoms with Crippen LogP contribution in [0.25, 0.3) is 0 Å². The highest BCUT2D eigenvalue weighted by molar-refractivity contribution is 5.29. The van der Waals surface area contributed by atoms with Crippen LogP contribution in [0.15, 0.2) is 18.2 Å². The van der Waals surface area contributed by atoms with Gasteiger partial charge in [0.2, 0.25) is 0 Å². The molecule has 3 rings (SSSR count). The monoisotopic (exact) mass is 446 g/mol. The fraction of sp³-hybridized carbons (Fsp3) is 0.739. The summed E-state index contributed by atoms with van der Waals surface area (Å²) in [6.45, 7) is 1.91. The van der Waals surface area contributed by atoms with Gasteiger partial charge in [-0.2, -0.15) is 8.78 Å². The molecule has 2 aliphatic heterocycles. The van der Waals surface area contributed by atoms with E-state index in [1.54, 1.807) is 6.07 Å². The highest BCUT2D eigenvalue weighted by Gasteiger charge is 2.26. The zero-order valence-electron chi connectivity index (χ0n) is 18.1. The van der Waals surface area contributed by atoms with Crippen molar-refractivity contribution in [3.63, 3.8) is 0 Å². The first kappa shape index (κ1) is 24.3. The average Bonchev–Trinajstić information content (AvgIpc) is 2.77. The summed E-state index contributed by atoms with van der Waals surface area (Å²) in [5.74, 6) is -0.439. The van der Waals surface area contributed by atoms with Crippen LogP contribution in [-0.2, 0) is 25.4 Å². The Labute approximate surface area is 182 Å². The van der Waals surface area contributed by atoms with Crippen LogP contribution in [0.1, 0.15) is 51.0 Å². The zero-order chi connectivity index (χ0) is 22.1. The van der Waals surface area contributed by atoms with Crippen molar-refractivity contribution < 1.29 is 36.9 Å². The van der Waals surface area contributed by atoms with Crippen LogP contribution in [-0.4, -0.2) is 45.6 Å². The summed E-state index contributed by atoms with van der Waals surface area (Å²) in [4.78, 5) is 0. The van der Waals surface area contributed by atoms with Crippen LogP contribution >= 0.6 is 0 Å². The molecule has 0 amide bonds. The number of aryl methyl sites for hydroxylation is 1. The molecule has 5 nitrogen and oxygen atoms in total. The van der Waals surface area contributed by atoms with Gasteiger partial charge < -0.3 is 23.7 Å². The second-order valence-corrected chi connectivity index (χ2v) is 8.33. The Bertz CT molecular complexity index is 644. The molecule has 2 aliphatic rings. The van der Waals surface area contributed by atoms with E-state index in [0.717, 1.165) is 32.5 Å². The number of unbranched alkanes of at least 4 members (excludes halogenated alkanes) is 1. The Morgan fingerprint density at radius 1 is 0.903 bits per heavy atom. The summed E-state index contributed by atoms with van der Waals surface area (Å²) in [5.41, 5.74) is 0.678. The molecule has 0 atom stereocenters. The third-order valence-electron chi connectivity index (χ3n) is 5.73. The SMILES string of the molecule is CCCC[C@H]1CO[C@H](CC[C@H]2CO[C@H](CCc3ccc(OC(F)F)c(F)c3)OC2)OC1. The van der Waals surface area contributed by atoms with Gasteiger partial charge in [-0.1, -0.05) is 25.8 Å². The van der Waals surface area contributed by atoms with E-state index >= 15 is 0 Å². The van der Waals surface area contributed by atoms with Gasteiger partial charge in [0.1, 0.15) is 0 Å². The molecule has 0 saturated carbocycles. The molecule has 0 aromatic heterocycles. The Kier molecular flexibility index (Phi) is 9.90. The molecule has 1 aromatic rings. The Hall–Kier alpha value is -1.35. The van der Waals surface area contributed by atoms with Gasteiger partial charge in [0, 0.05) is 18.3 Å². The lowest BCUT2D eigenvalue weighted by Crippen LogP contribution is -2.35. The van der Waals surface area contributed by atoms with Crippen molar-refractivity contribution in [2.24, 2.45) is 11.8 Å². The molecule has 0 aliphatic carbocycles. The predicted octanol–water partition coefficient (Wildman–Crippen LogP) is 5.31. The second kappa shape index (κ2) is 12.6. The molecule has 2 fully saturated rings. The predicted molar refractivity (Wildman–Crippen MR) is 108 cm³/mol. The van der Waals surface area contributed by atoms with Crippen LogP contribution in [0, 0.1) is 17.7 Å². The molecule has 31 heavy (non-hydrogen) atoms. The first-order chi connectivity index (χ1) is 15.0. The molecule has 1 aromatic carbocycles. The molecule has 0 radical (unpaired) electrons. The lowest BCUT2D eigenvalue weighted by Gasteiger charge is -2.32. The Balaban J connectivity index is 1.29. The fourth-order valence-corrected chi connectivity index (χ4v) is 3.87. The number of rotatable bonds is 11. The lowest BCUT2D eigenvalue weighted by molar-refractivity contribution is -0.219. The number of alkyl halides is 2. The molecular weight excluding hydrogens is 413 g/mol. The molecule has 2 heterocycles. The van der Waals surface area contributed by atoms with Crippen molar-refractivity contribution in [2.75, 3.05) is 26.4 Å². The number of ether oxygens (including phenoxy) is 5. The average molecular weight is 447 g/mol. The number of benzene rings is 1. The van der Waals surface area contributed by atoms with Gasteiger partial charge in [0.15, 0.2) is 24.1 Å². The molecule has 0 unspecified atom stereocenters. The minimum absolute atomic E-state index is 0.137. The molecule has 0 spiro atoms. The van der Waals surface area contributed by atoms with E-state index in [0.29, 0.717) is 43.5 Å². The van der Waals surface area contributed by atoms with E-state index in [-0.39, 0.29) is 12.6 Å². The third kappa shape index (κ3) is 8.25. The third-order valence-corrected chi connectivity index (χ3v) is 5.73. The van der Waals surface area contributed by atoms with Crippen molar-refractivity contribution >= 4 is 0 Å². The van der Waals surface area contributed by atoms with Crippen molar-refractivity contribution in [3.05, 3.63) is 29.6 Å². The maximum absolute atomic E-state index is 13.8. The first-order valence-electron chi connectivity index (χ1n) is 11.2. The van der Waals surface area contributed by atoms with Gasteiger partial charge >= 0.3 is 6.61 Å². The number of halogens is 3. The summed E-state index contributed by atoms with van der Waals surface area (Å²) < 4.78 is 65.6. The Morgan fingerprint density at radius 3 is 2.10 bits per heavy atom. The normalized spacial score (nSPS) is 26.9. The van der Waals surface area contributed by atoms with E-state index in [1.165, 1.54) is 25.0 Å². The minimum atomic E-state index is -3.05. The van der Waals surface area contributed by atoms with Gasteiger partial charge in [-0.3, -0.25) is 0 Å². The van der Waals surface area contributed by atoms with Gasteiger partial charge in [0.05, 0.1) is 26.4 Å². The topological polar surface area (TPSA) is 46.2 Å². The van der Waals surface area contributed by atoms with Crippen molar-refractivity contribution in [2.45, 2.75) is 71.1 Å². The summed E-state index contributed by atoms with van der Waals surface area (Å²) in [5, 5.41) is 0. The van der Waals surface area contributed by atoms with Crippen molar-refractivity contribution in [3.8, 4) is 5.75 Å². The van der Waals surface area contributed by atoms with E-state index in [1.807, 2.05) is 0 Å². The second-order valence-electron chi connectivity index (χ2n) is 8.33. The summed E-state index contributed by atoms with van der Waals surface area (Å²) in [6.07, 6.45) is 5.91. The fourth-order valence-electron chi connectivity index (χ4n) is 3.87. The van der Waals surface area contributed by atoms with Crippen LogP contribution in [0.5, 0.6) is 5.75 Å². The minimum Gasteiger partial charge on any atom is -0.432 e. The highest BCUT2D eigenvalue weighted by Crippen LogP contribution is 2.25. The van der Waals surface area contributed by atoms with Gasteiger partial charge in [0.25, 0.3) is 0 Å². The van der Waals surface area contributed by atoms with Gasteiger partial charge in [-0.05, 0) is 43.4 Å². The van der Waals surface area contributed by atoms with Crippen LogP contribution in [0.4, 0.5) is 13.2 Å². The van der Waals surface area contributed by atoms with Crippen molar-refractivity contribution in [1.29, 1.82) is 0 Å². The van der Waals surface area contributed by atoms with Gasteiger partial charge in [-0.15, -0.1) is 0 Å². The smallest absolute Gasteiger partial charge is 0.387 e. The molecule has 176 valence electrons. The molecule has 0 bridgehead atoms. The number of hydrogen-bond donors (Lipinski definition) is 0. The van der Waals surface area contributed by atoms with E-state index < -0.39 is 18.2 Å². The quantitative estimate of drug-likeness (QED) is 0.461. The maximum atomic E-state index is 13.8. The Morgan fingerprint density at radius 2 is 1.52 bits per heavy atom. The van der Waals surface area contributed by atoms with Crippen LogP contribution in [0.3, 0.4) is 0 Å². The number of hydrogen-bond acceptors (Lipinski definition) is 5. The van der Waals surface area contributed by atoms with Crippen molar-refractivity contribution in [1.82, 2.24) is 0 Å². The zero-order valence-corrected chi connectivity index (χ0v) is 18.1. The molecular formula is C23H33F3O5.